The molecule has 1 heterocycles. The molecule has 25 heavy (non-hydrogen) atoms. The predicted molar refractivity (Wildman–Crippen MR) is 111 cm³/mol. The SMILES string of the molecule is CC(C)(C)Cc1ccc(CNc2c(N)cnc3cc(Br)ccc23)cc1. The fraction of sp³-hybridized carbons (Fsp3) is 0.286. The Bertz CT molecular complexity index is 880. The predicted octanol–water partition coefficient (Wildman–Crippen LogP) is 5.78. The number of pyridine rings is 1. The lowest BCUT2D eigenvalue weighted by Crippen LogP contribution is -2.09. The van der Waals surface area contributed by atoms with Crippen molar-refractivity contribution in [3.8, 4) is 0 Å². The van der Waals surface area contributed by atoms with Crippen LogP contribution in [0.15, 0.2) is 53.1 Å². The van der Waals surface area contributed by atoms with Gasteiger partial charge in [0.15, 0.2) is 0 Å². The number of hydrogen-bond acceptors (Lipinski definition) is 3. The number of benzene rings is 2. The quantitative estimate of drug-likeness (QED) is 0.586. The van der Waals surface area contributed by atoms with Gasteiger partial charge < -0.3 is 11.1 Å². The van der Waals surface area contributed by atoms with Crippen molar-refractivity contribution < 1.29 is 0 Å². The number of aromatic nitrogens is 1. The third kappa shape index (κ3) is 4.51. The van der Waals surface area contributed by atoms with Crippen LogP contribution in [0.5, 0.6) is 0 Å². The fourth-order valence-corrected chi connectivity index (χ4v) is 3.31. The summed E-state index contributed by atoms with van der Waals surface area (Å²) in [6, 6.07) is 14.9. The van der Waals surface area contributed by atoms with Crippen molar-refractivity contribution in [1.29, 1.82) is 0 Å². The summed E-state index contributed by atoms with van der Waals surface area (Å²) in [5.41, 5.74) is 11.6. The Morgan fingerprint density at radius 2 is 1.72 bits per heavy atom. The first kappa shape index (κ1) is 17.7. The second-order valence-corrected chi connectivity index (χ2v) is 8.57. The van der Waals surface area contributed by atoms with Gasteiger partial charge in [-0.3, -0.25) is 4.98 Å². The number of nitrogens with two attached hydrogens (primary N) is 1. The van der Waals surface area contributed by atoms with Gasteiger partial charge in [-0.2, -0.15) is 0 Å². The number of halogens is 1. The van der Waals surface area contributed by atoms with Gasteiger partial charge in [0.25, 0.3) is 0 Å². The van der Waals surface area contributed by atoms with E-state index >= 15 is 0 Å². The maximum atomic E-state index is 6.15. The number of hydrogen-bond donors (Lipinski definition) is 2. The Hall–Kier alpha value is -2.07. The van der Waals surface area contributed by atoms with E-state index in [4.69, 9.17) is 5.73 Å². The summed E-state index contributed by atoms with van der Waals surface area (Å²) in [6.45, 7) is 7.52. The maximum Gasteiger partial charge on any atom is 0.0743 e. The van der Waals surface area contributed by atoms with Gasteiger partial charge in [0.05, 0.1) is 23.1 Å². The smallest absolute Gasteiger partial charge is 0.0743 e. The molecule has 0 aliphatic rings. The zero-order chi connectivity index (χ0) is 18.0. The molecular weight excluding hydrogens is 374 g/mol. The summed E-state index contributed by atoms with van der Waals surface area (Å²) in [6.07, 6.45) is 2.79. The van der Waals surface area contributed by atoms with Crippen LogP contribution in [0.4, 0.5) is 11.4 Å². The minimum atomic E-state index is 0.304. The Labute approximate surface area is 157 Å². The summed E-state index contributed by atoms with van der Waals surface area (Å²) in [5, 5.41) is 4.51. The van der Waals surface area contributed by atoms with E-state index in [0.717, 1.165) is 34.0 Å². The summed E-state index contributed by atoms with van der Waals surface area (Å²) in [5.74, 6) is 0. The van der Waals surface area contributed by atoms with E-state index in [1.54, 1.807) is 6.20 Å². The zero-order valence-electron chi connectivity index (χ0n) is 14.9. The highest BCUT2D eigenvalue weighted by atomic mass is 79.9. The van der Waals surface area contributed by atoms with Crippen LogP contribution in [-0.2, 0) is 13.0 Å². The first-order valence-corrected chi connectivity index (χ1v) is 9.26. The van der Waals surface area contributed by atoms with Crippen LogP contribution in [0.2, 0.25) is 0 Å². The minimum Gasteiger partial charge on any atom is -0.396 e. The summed E-state index contributed by atoms with van der Waals surface area (Å²) in [7, 11) is 0. The molecule has 0 unspecified atom stereocenters. The molecule has 0 saturated heterocycles. The molecule has 0 bridgehead atoms. The zero-order valence-corrected chi connectivity index (χ0v) is 16.5. The summed E-state index contributed by atoms with van der Waals surface area (Å²) >= 11 is 3.49. The molecular formula is C21H24BrN3. The lowest BCUT2D eigenvalue weighted by atomic mass is 9.88. The van der Waals surface area contributed by atoms with Crippen LogP contribution < -0.4 is 11.1 Å². The lowest BCUT2D eigenvalue weighted by molar-refractivity contribution is 0.411. The third-order valence-electron chi connectivity index (χ3n) is 4.09. The molecule has 1 aromatic heterocycles. The van der Waals surface area contributed by atoms with Crippen LogP contribution >= 0.6 is 15.9 Å². The number of nitrogens with zero attached hydrogens (tertiary/aromatic N) is 1. The first-order chi connectivity index (χ1) is 11.8. The second kappa shape index (κ2) is 7.04. The Morgan fingerprint density at radius 1 is 1.04 bits per heavy atom. The molecule has 3 nitrogen and oxygen atoms in total. The average Bonchev–Trinajstić information content (AvgIpc) is 2.54. The molecule has 0 atom stereocenters. The van der Waals surface area contributed by atoms with Crippen LogP contribution in [-0.4, -0.2) is 4.98 Å². The van der Waals surface area contributed by atoms with E-state index in [1.807, 2.05) is 18.2 Å². The molecule has 0 saturated carbocycles. The van der Waals surface area contributed by atoms with Crippen LogP contribution in [0, 0.1) is 5.41 Å². The Balaban J connectivity index is 1.77. The van der Waals surface area contributed by atoms with Gasteiger partial charge in [0.2, 0.25) is 0 Å². The molecule has 3 rings (SSSR count). The summed E-state index contributed by atoms with van der Waals surface area (Å²) in [4.78, 5) is 4.41. The van der Waals surface area contributed by atoms with Gasteiger partial charge in [0.1, 0.15) is 0 Å². The molecule has 4 heteroatoms. The highest BCUT2D eigenvalue weighted by Gasteiger charge is 2.11. The van der Waals surface area contributed by atoms with E-state index in [-0.39, 0.29) is 0 Å². The monoisotopic (exact) mass is 397 g/mol. The Kier molecular flexibility index (Phi) is 5.00. The van der Waals surface area contributed by atoms with Gasteiger partial charge in [-0.05, 0) is 41.2 Å². The number of rotatable bonds is 4. The van der Waals surface area contributed by atoms with E-state index in [1.165, 1.54) is 11.1 Å². The molecule has 0 aliphatic carbocycles. The molecule has 0 spiro atoms. The maximum absolute atomic E-state index is 6.15. The van der Waals surface area contributed by atoms with Crippen molar-refractivity contribution >= 4 is 38.2 Å². The van der Waals surface area contributed by atoms with Gasteiger partial charge in [0, 0.05) is 16.4 Å². The Morgan fingerprint density at radius 3 is 2.40 bits per heavy atom. The van der Waals surface area contributed by atoms with Crippen molar-refractivity contribution in [2.75, 3.05) is 11.1 Å². The average molecular weight is 398 g/mol. The largest absolute Gasteiger partial charge is 0.396 e. The minimum absolute atomic E-state index is 0.304. The normalized spacial score (nSPS) is 11.7. The first-order valence-electron chi connectivity index (χ1n) is 8.47. The molecule has 0 amide bonds. The van der Waals surface area contributed by atoms with Crippen LogP contribution in [0.3, 0.4) is 0 Å². The van der Waals surface area contributed by atoms with Gasteiger partial charge in [-0.1, -0.05) is 61.0 Å². The highest BCUT2D eigenvalue weighted by molar-refractivity contribution is 9.10. The fourth-order valence-electron chi connectivity index (χ4n) is 2.96. The standard InChI is InChI=1S/C21H24BrN3/c1-21(2,3)11-14-4-6-15(7-5-14)12-25-20-17-9-8-16(22)10-19(17)24-13-18(20)23/h4-10,13H,11-12,23H2,1-3H3,(H,24,25). The van der Waals surface area contributed by atoms with Crippen LogP contribution in [0.1, 0.15) is 31.9 Å². The van der Waals surface area contributed by atoms with E-state index < -0.39 is 0 Å². The number of fused-ring (bicyclic) bond motifs is 1. The molecule has 2 aromatic carbocycles. The van der Waals surface area contributed by atoms with Crippen molar-refractivity contribution in [2.24, 2.45) is 5.41 Å². The molecule has 0 fully saturated rings. The topological polar surface area (TPSA) is 50.9 Å². The van der Waals surface area contributed by atoms with Crippen molar-refractivity contribution in [1.82, 2.24) is 4.98 Å². The second-order valence-electron chi connectivity index (χ2n) is 7.66. The van der Waals surface area contributed by atoms with E-state index in [2.05, 4.69) is 71.3 Å². The molecule has 0 radical (unpaired) electrons. The number of nitrogens with one attached hydrogen (secondary N) is 1. The van der Waals surface area contributed by atoms with Crippen molar-refractivity contribution in [3.63, 3.8) is 0 Å². The van der Waals surface area contributed by atoms with Crippen LogP contribution in [0.25, 0.3) is 10.9 Å². The van der Waals surface area contributed by atoms with Crippen molar-refractivity contribution in [2.45, 2.75) is 33.7 Å². The van der Waals surface area contributed by atoms with E-state index in [0.29, 0.717) is 11.1 Å². The highest BCUT2D eigenvalue weighted by Crippen LogP contribution is 2.30. The number of anilines is 2. The van der Waals surface area contributed by atoms with Gasteiger partial charge in [-0.25, -0.2) is 0 Å². The molecule has 130 valence electrons. The molecule has 0 aliphatic heterocycles. The summed E-state index contributed by atoms with van der Waals surface area (Å²) < 4.78 is 1.01. The van der Waals surface area contributed by atoms with Gasteiger partial charge >= 0.3 is 0 Å². The molecule has 3 N–H and O–H groups in total. The van der Waals surface area contributed by atoms with Crippen molar-refractivity contribution in [3.05, 3.63) is 64.3 Å². The van der Waals surface area contributed by atoms with Gasteiger partial charge in [-0.15, -0.1) is 0 Å². The van der Waals surface area contributed by atoms with E-state index in [9.17, 15) is 0 Å². The third-order valence-corrected chi connectivity index (χ3v) is 4.58. The number of nitrogen functional groups attached to an aromatic ring is 1. The lowest BCUT2D eigenvalue weighted by Gasteiger charge is -2.18. The molecule has 3 aromatic rings.